The fraction of sp³-hybridized carbons (Fsp3) is 0.478. The lowest BCUT2D eigenvalue weighted by Crippen LogP contribution is -2.46. The molecule has 3 aromatic rings. The molecule has 3 N–H and O–H groups in total. The number of piperidine rings is 1. The minimum absolute atomic E-state index is 0.0316. The first-order chi connectivity index (χ1) is 16.6. The molecule has 3 aromatic heterocycles. The number of aryl methyl sites for hydroxylation is 2. The van der Waals surface area contributed by atoms with Crippen molar-refractivity contribution in [3.8, 4) is 5.82 Å². The van der Waals surface area contributed by atoms with E-state index in [1.807, 2.05) is 45.6 Å². The molecule has 0 aliphatic carbocycles. The smallest absolute Gasteiger partial charge is 0.407 e. The van der Waals surface area contributed by atoms with Crippen molar-refractivity contribution in [2.75, 3.05) is 23.3 Å². The van der Waals surface area contributed by atoms with Gasteiger partial charge in [0.2, 0.25) is 11.9 Å². The van der Waals surface area contributed by atoms with E-state index in [0.717, 1.165) is 24.2 Å². The first kappa shape index (κ1) is 24.2. The van der Waals surface area contributed by atoms with Gasteiger partial charge in [-0.05, 0) is 65.7 Å². The summed E-state index contributed by atoms with van der Waals surface area (Å²) in [6.07, 6.45) is 2.57. The molecule has 35 heavy (non-hydrogen) atoms. The van der Waals surface area contributed by atoms with Gasteiger partial charge in [0.05, 0.1) is 11.3 Å². The minimum Gasteiger partial charge on any atom is -0.444 e. The predicted molar refractivity (Wildman–Crippen MR) is 130 cm³/mol. The van der Waals surface area contributed by atoms with Crippen molar-refractivity contribution in [3.63, 3.8) is 0 Å². The number of carbonyl (C=O) groups is 2. The summed E-state index contributed by atoms with van der Waals surface area (Å²) in [5.74, 6) is 1.04. The van der Waals surface area contributed by atoms with Crippen LogP contribution in [0, 0.1) is 13.8 Å². The third kappa shape index (κ3) is 6.14. The van der Waals surface area contributed by atoms with E-state index in [1.165, 1.54) is 6.20 Å². The average Bonchev–Trinajstić information content (AvgIpc) is 3.38. The molecule has 0 unspecified atom stereocenters. The van der Waals surface area contributed by atoms with Crippen LogP contribution in [0.25, 0.3) is 5.82 Å². The lowest BCUT2D eigenvalue weighted by Gasteiger charge is -2.32. The van der Waals surface area contributed by atoms with Gasteiger partial charge in [-0.1, -0.05) is 0 Å². The molecule has 12 heteroatoms. The molecule has 1 aliphatic rings. The SMILES string of the molecule is Cc1cc(C)n(-c2ccc(C(=O)Nc3nc(N4CCC(NC(=O)OC(C)(C)C)CC4)n[nH]3)cn2)n1. The van der Waals surface area contributed by atoms with Gasteiger partial charge in [0, 0.05) is 31.0 Å². The fourth-order valence-corrected chi connectivity index (χ4v) is 3.83. The molecule has 0 atom stereocenters. The van der Waals surface area contributed by atoms with Gasteiger partial charge in [0.15, 0.2) is 5.82 Å². The molecule has 4 rings (SSSR count). The van der Waals surface area contributed by atoms with Crippen LogP contribution >= 0.6 is 0 Å². The number of nitrogens with one attached hydrogen (secondary N) is 3. The van der Waals surface area contributed by atoms with Crippen LogP contribution in [0.4, 0.5) is 16.7 Å². The van der Waals surface area contributed by atoms with Crippen molar-refractivity contribution >= 4 is 23.9 Å². The minimum atomic E-state index is -0.527. The molecule has 0 bridgehead atoms. The van der Waals surface area contributed by atoms with Crippen LogP contribution in [0.3, 0.4) is 0 Å². The van der Waals surface area contributed by atoms with E-state index in [0.29, 0.717) is 30.4 Å². The standard InChI is InChI=1S/C23H31N9O3/c1-14-12-15(2)32(30-14)18-7-6-16(13-24-18)19(33)26-20-27-21(29-28-20)31-10-8-17(9-11-31)25-22(34)35-23(3,4)5/h6-7,12-13,17H,8-11H2,1-5H3,(H,25,34)(H2,26,27,28,29,33). The van der Waals surface area contributed by atoms with Gasteiger partial charge in [-0.25, -0.2) is 19.6 Å². The Morgan fingerprint density at radius 2 is 1.91 bits per heavy atom. The van der Waals surface area contributed by atoms with E-state index in [2.05, 4.69) is 35.9 Å². The van der Waals surface area contributed by atoms with Gasteiger partial charge in [-0.3, -0.25) is 10.1 Å². The highest BCUT2D eigenvalue weighted by Crippen LogP contribution is 2.18. The molecule has 1 fully saturated rings. The number of hydrogen-bond donors (Lipinski definition) is 3. The van der Waals surface area contributed by atoms with E-state index >= 15 is 0 Å². The molecule has 0 saturated carbocycles. The highest BCUT2D eigenvalue weighted by molar-refractivity contribution is 6.03. The number of aromatic nitrogens is 6. The van der Waals surface area contributed by atoms with Gasteiger partial charge in [-0.15, -0.1) is 5.10 Å². The van der Waals surface area contributed by atoms with Crippen molar-refractivity contribution in [1.82, 2.24) is 35.3 Å². The third-order valence-electron chi connectivity index (χ3n) is 5.44. The Bertz CT molecular complexity index is 1190. The maximum Gasteiger partial charge on any atom is 0.407 e. The van der Waals surface area contributed by atoms with Crippen molar-refractivity contribution in [2.24, 2.45) is 0 Å². The third-order valence-corrected chi connectivity index (χ3v) is 5.44. The van der Waals surface area contributed by atoms with Crippen LogP contribution in [0.15, 0.2) is 24.4 Å². The van der Waals surface area contributed by atoms with Crippen molar-refractivity contribution in [3.05, 3.63) is 41.3 Å². The number of pyridine rings is 1. The number of ether oxygens (including phenoxy) is 1. The summed E-state index contributed by atoms with van der Waals surface area (Å²) in [5.41, 5.74) is 1.73. The predicted octanol–water partition coefficient (Wildman–Crippen LogP) is 2.75. The van der Waals surface area contributed by atoms with Crippen LogP contribution in [-0.2, 0) is 4.74 Å². The Morgan fingerprint density at radius 1 is 1.17 bits per heavy atom. The van der Waals surface area contributed by atoms with E-state index in [4.69, 9.17) is 4.74 Å². The summed E-state index contributed by atoms with van der Waals surface area (Å²) < 4.78 is 7.05. The van der Waals surface area contributed by atoms with Crippen LogP contribution in [-0.4, -0.2) is 66.7 Å². The summed E-state index contributed by atoms with van der Waals surface area (Å²) in [6.45, 7) is 10.7. The number of alkyl carbamates (subject to hydrolysis) is 1. The molecule has 12 nitrogen and oxygen atoms in total. The van der Waals surface area contributed by atoms with Crippen molar-refractivity contribution in [1.29, 1.82) is 0 Å². The zero-order chi connectivity index (χ0) is 25.2. The van der Waals surface area contributed by atoms with Gasteiger partial charge in [0.1, 0.15) is 5.60 Å². The second-order valence-electron chi connectivity index (χ2n) is 9.59. The molecular formula is C23H31N9O3. The van der Waals surface area contributed by atoms with Gasteiger partial charge < -0.3 is 15.0 Å². The largest absolute Gasteiger partial charge is 0.444 e. The molecule has 4 heterocycles. The van der Waals surface area contributed by atoms with Gasteiger partial charge in [0.25, 0.3) is 5.91 Å². The Labute approximate surface area is 203 Å². The molecule has 0 spiro atoms. The van der Waals surface area contributed by atoms with Crippen LogP contribution in [0.2, 0.25) is 0 Å². The summed E-state index contributed by atoms with van der Waals surface area (Å²) in [4.78, 5) is 35.4. The molecule has 1 aliphatic heterocycles. The molecule has 2 amide bonds. The lowest BCUT2D eigenvalue weighted by atomic mass is 10.1. The fourth-order valence-electron chi connectivity index (χ4n) is 3.83. The Morgan fingerprint density at radius 3 is 2.51 bits per heavy atom. The molecule has 1 saturated heterocycles. The number of carbonyl (C=O) groups excluding carboxylic acids is 2. The summed E-state index contributed by atoms with van der Waals surface area (Å²) >= 11 is 0. The number of hydrogen-bond acceptors (Lipinski definition) is 8. The highest BCUT2D eigenvalue weighted by Gasteiger charge is 2.25. The normalized spacial score (nSPS) is 14.6. The monoisotopic (exact) mass is 481 g/mol. The number of amides is 2. The van der Waals surface area contributed by atoms with Crippen molar-refractivity contribution in [2.45, 2.75) is 59.1 Å². The molecule has 0 aromatic carbocycles. The van der Waals surface area contributed by atoms with Crippen molar-refractivity contribution < 1.29 is 14.3 Å². The van der Waals surface area contributed by atoms with E-state index in [1.54, 1.807) is 16.8 Å². The summed E-state index contributed by atoms with van der Waals surface area (Å²) in [5, 5.41) is 17.0. The molecule has 186 valence electrons. The average molecular weight is 482 g/mol. The maximum atomic E-state index is 12.6. The Hall–Kier alpha value is -3.96. The summed E-state index contributed by atoms with van der Waals surface area (Å²) in [7, 11) is 0. The zero-order valence-corrected chi connectivity index (χ0v) is 20.6. The quantitative estimate of drug-likeness (QED) is 0.505. The van der Waals surface area contributed by atoms with Crippen LogP contribution in [0.5, 0.6) is 0 Å². The van der Waals surface area contributed by atoms with Crippen LogP contribution in [0.1, 0.15) is 55.4 Å². The van der Waals surface area contributed by atoms with Gasteiger partial charge in [-0.2, -0.15) is 10.1 Å². The van der Waals surface area contributed by atoms with E-state index < -0.39 is 11.7 Å². The first-order valence-corrected chi connectivity index (χ1v) is 11.6. The lowest BCUT2D eigenvalue weighted by molar-refractivity contribution is 0.0497. The van der Waals surface area contributed by atoms with Gasteiger partial charge >= 0.3 is 6.09 Å². The second kappa shape index (κ2) is 9.72. The zero-order valence-electron chi connectivity index (χ0n) is 20.6. The second-order valence-corrected chi connectivity index (χ2v) is 9.59. The summed E-state index contributed by atoms with van der Waals surface area (Å²) in [6, 6.07) is 5.43. The Kier molecular flexibility index (Phi) is 6.72. The van der Waals surface area contributed by atoms with E-state index in [9.17, 15) is 9.59 Å². The number of nitrogens with zero attached hydrogens (tertiary/aromatic N) is 6. The number of rotatable bonds is 5. The topological polar surface area (TPSA) is 143 Å². The number of H-pyrrole nitrogens is 1. The molecular weight excluding hydrogens is 450 g/mol. The highest BCUT2D eigenvalue weighted by atomic mass is 16.6. The number of anilines is 2. The number of aromatic amines is 1. The first-order valence-electron chi connectivity index (χ1n) is 11.6. The van der Waals surface area contributed by atoms with E-state index in [-0.39, 0.29) is 17.9 Å². The Balaban J connectivity index is 1.29. The van der Waals surface area contributed by atoms with Crippen LogP contribution < -0.4 is 15.5 Å². The molecule has 0 radical (unpaired) electrons. The maximum absolute atomic E-state index is 12.6.